The molecule has 0 spiro atoms. The average Bonchev–Trinajstić information content (AvgIpc) is 3.51. The van der Waals surface area contributed by atoms with Crippen molar-refractivity contribution in [3.8, 4) is 6.07 Å². The van der Waals surface area contributed by atoms with Crippen molar-refractivity contribution < 1.29 is 4.42 Å². The number of nitrogens with zero attached hydrogens (tertiary/aromatic N) is 2. The first-order valence-electron chi connectivity index (χ1n) is 13.3. The normalized spacial score (nSPS) is 14.9. The van der Waals surface area contributed by atoms with E-state index in [9.17, 15) is 5.26 Å². The largest absolute Gasteiger partial charge is 0.455 e. The lowest BCUT2D eigenvalue weighted by Gasteiger charge is -2.18. The first-order valence-corrected chi connectivity index (χ1v) is 13.3. The van der Waals surface area contributed by atoms with Crippen LogP contribution in [-0.4, -0.2) is 10.7 Å². The standard InChI is InChI=1S/C35H31N3O/c1-18-15-19(2)30(20(3)16-18)32(33-21(4)28(17-36)23(6)37-33)34-22(5)31(24(7)38-34)27-13-10-12-26-25-11-8-9-14-29(25)39-35(26)27/h8-16,37H,1-7H3/b34-32-. The Balaban J connectivity index is 1.70. The van der Waals surface area contributed by atoms with Gasteiger partial charge >= 0.3 is 0 Å². The van der Waals surface area contributed by atoms with Gasteiger partial charge in [-0.3, -0.25) is 4.99 Å². The molecule has 1 N–H and O–H groups in total. The maximum atomic E-state index is 9.89. The molecule has 0 saturated heterocycles. The van der Waals surface area contributed by atoms with E-state index < -0.39 is 0 Å². The summed E-state index contributed by atoms with van der Waals surface area (Å²) in [5, 5.41) is 12.1. The predicted octanol–water partition coefficient (Wildman–Crippen LogP) is 9.04. The van der Waals surface area contributed by atoms with Crippen LogP contribution in [0, 0.1) is 45.9 Å². The van der Waals surface area contributed by atoms with Gasteiger partial charge in [-0.1, -0.05) is 54.1 Å². The molecule has 4 heteroatoms. The molecule has 0 unspecified atom stereocenters. The Morgan fingerprint density at radius 2 is 1.56 bits per heavy atom. The van der Waals surface area contributed by atoms with Crippen LogP contribution in [-0.2, 0) is 0 Å². The van der Waals surface area contributed by atoms with Gasteiger partial charge in [0.05, 0.1) is 17.0 Å². The van der Waals surface area contributed by atoms with Crippen molar-refractivity contribution in [2.75, 3.05) is 0 Å². The lowest BCUT2D eigenvalue weighted by Crippen LogP contribution is -2.02. The third-order valence-corrected chi connectivity index (χ3v) is 8.01. The molecule has 3 aromatic carbocycles. The van der Waals surface area contributed by atoms with E-state index in [1.54, 1.807) is 0 Å². The molecule has 4 nitrogen and oxygen atoms in total. The number of benzene rings is 3. The van der Waals surface area contributed by atoms with Crippen molar-refractivity contribution in [3.63, 3.8) is 0 Å². The van der Waals surface area contributed by atoms with Crippen LogP contribution >= 0.6 is 0 Å². The lowest BCUT2D eigenvalue weighted by molar-refractivity contribution is 0.668. The number of hydrogen-bond donors (Lipinski definition) is 1. The minimum Gasteiger partial charge on any atom is -0.455 e. The quantitative estimate of drug-likeness (QED) is 0.264. The minimum absolute atomic E-state index is 0.693. The lowest BCUT2D eigenvalue weighted by atomic mass is 9.87. The number of H-pyrrole nitrogens is 1. The van der Waals surface area contributed by atoms with E-state index >= 15 is 0 Å². The van der Waals surface area contributed by atoms with Crippen LogP contribution < -0.4 is 0 Å². The number of hydrogen-bond acceptors (Lipinski definition) is 3. The van der Waals surface area contributed by atoms with Crippen molar-refractivity contribution in [1.29, 1.82) is 5.26 Å². The molecule has 5 aromatic rings. The van der Waals surface area contributed by atoms with Gasteiger partial charge in [-0.25, -0.2) is 0 Å². The molecular weight excluding hydrogens is 478 g/mol. The van der Waals surface area contributed by atoms with Crippen molar-refractivity contribution in [2.24, 2.45) is 4.99 Å². The number of aryl methyl sites for hydroxylation is 4. The molecule has 6 rings (SSSR count). The second kappa shape index (κ2) is 8.99. The summed E-state index contributed by atoms with van der Waals surface area (Å²) in [6.45, 7) is 14.7. The third kappa shape index (κ3) is 3.69. The summed E-state index contributed by atoms with van der Waals surface area (Å²) in [5.74, 6) is 0. The number of aromatic nitrogens is 1. The van der Waals surface area contributed by atoms with Gasteiger partial charge in [0.25, 0.3) is 0 Å². The number of allylic oxidation sites excluding steroid dienone is 2. The molecule has 0 amide bonds. The van der Waals surface area contributed by atoms with Crippen molar-refractivity contribution in [3.05, 3.63) is 116 Å². The fourth-order valence-corrected chi connectivity index (χ4v) is 6.39. The molecule has 0 fully saturated rings. The molecule has 39 heavy (non-hydrogen) atoms. The van der Waals surface area contributed by atoms with E-state index in [1.807, 2.05) is 32.0 Å². The molecule has 192 valence electrons. The predicted molar refractivity (Wildman–Crippen MR) is 161 cm³/mol. The Kier molecular flexibility index (Phi) is 5.70. The van der Waals surface area contributed by atoms with Gasteiger partial charge in [0.2, 0.25) is 0 Å². The summed E-state index contributed by atoms with van der Waals surface area (Å²) in [5.41, 5.74) is 16.2. The summed E-state index contributed by atoms with van der Waals surface area (Å²) in [7, 11) is 0. The molecular formula is C35H31N3O. The van der Waals surface area contributed by atoms with E-state index in [0.717, 1.165) is 78.1 Å². The Morgan fingerprint density at radius 3 is 2.26 bits per heavy atom. The van der Waals surface area contributed by atoms with E-state index in [-0.39, 0.29) is 0 Å². The fraction of sp³-hybridized carbons (Fsp3) is 0.200. The summed E-state index contributed by atoms with van der Waals surface area (Å²) in [4.78, 5) is 8.78. The van der Waals surface area contributed by atoms with Crippen molar-refractivity contribution in [2.45, 2.75) is 48.5 Å². The van der Waals surface area contributed by atoms with Gasteiger partial charge in [-0.15, -0.1) is 0 Å². The SMILES string of the molecule is CC1=N/C(=C(\c2[nH]c(C)c(C#N)c2C)c2c(C)cc(C)cc2C)C(C)=C1c1cccc2c1oc1ccccc12. The van der Waals surface area contributed by atoms with Crippen LogP contribution in [0.5, 0.6) is 0 Å². The van der Waals surface area contributed by atoms with Gasteiger partial charge in [0, 0.05) is 38.9 Å². The summed E-state index contributed by atoms with van der Waals surface area (Å²) < 4.78 is 6.41. The monoisotopic (exact) mass is 509 g/mol. The average molecular weight is 510 g/mol. The molecule has 0 radical (unpaired) electrons. The Morgan fingerprint density at radius 1 is 0.872 bits per heavy atom. The van der Waals surface area contributed by atoms with Gasteiger partial charge in [0.15, 0.2) is 0 Å². The van der Waals surface area contributed by atoms with E-state index in [0.29, 0.717) is 5.56 Å². The van der Waals surface area contributed by atoms with Gasteiger partial charge in [-0.2, -0.15) is 5.26 Å². The number of aliphatic imine (C=N–C) groups is 1. The zero-order valence-electron chi connectivity index (χ0n) is 23.5. The highest BCUT2D eigenvalue weighted by atomic mass is 16.3. The smallest absolute Gasteiger partial charge is 0.143 e. The maximum absolute atomic E-state index is 9.89. The zero-order chi connectivity index (χ0) is 27.6. The molecule has 0 bridgehead atoms. The highest BCUT2D eigenvalue weighted by Crippen LogP contribution is 2.44. The summed E-state index contributed by atoms with van der Waals surface area (Å²) >= 11 is 0. The topological polar surface area (TPSA) is 65.1 Å². The molecule has 0 saturated carbocycles. The molecule has 3 heterocycles. The van der Waals surface area contributed by atoms with Crippen LogP contribution in [0.15, 0.2) is 75.3 Å². The summed E-state index contributed by atoms with van der Waals surface area (Å²) in [6, 6.07) is 21.4. The number of nitriles is 1. The van der Waals surface area contributed by atoms with E-state index in [1.165, 1.54) is 16.7 Å². The first-order chi connectivity index (χ1) is 18.7. The van der Waals surface area contributed by atoms with Crippen LogP contribution in [0.1, 0.15) is 64.2 Å². The molecule has 1 aliphatic rings. The fourth-order valence-electron chi connectivity index (χ4n) is 6.39. The number of aromatic amines is 1. The Bertz CT molecular complexity index is 1960. The summed E-state index contributed by atoms with van der Waals surface area (Å²) in [6.07, 6.45) is 0. The van der Waals surface area contributed by atoms with Gasteiger partial charge in [0.1, 0.15) is 17.2 Å². The maximum Gasteiger partial charge on any atom is 0.143 e. The second-order valence-corrected chi connectivity index (χ2v) is 10.7. The van der Waals surface area contributed by atoms with Crippen molar-refractivity contribution in [1.82, 2.24) is 4.98 Å². The Hall–Kier alpha value is -4.62. The molecule has 2 aromatic heterocycles. The van der Waals surface area contributed by atoms with Crippen LogP contribution in [0.3, 0.4) is 0 Å². The third-order valence-electron chi connectivity index (χ3n) is 8.01. The second-order valence-electron chi connectivity index (χ2n) is 10.7. The Labute approximate surface area is 229 Å². The van der Waals surface area contributed by atoms with Gasteiger partial charge < -0.3 is 9.40 Å². The number of fused-ring (bicyclic) bond motifs is 3. The zero-order valence-corrected chi connectivity index (χ0v) is 23.5. The van der Waals surface area contributed by atoms with Crippen LogP contribution in [0.2, 0.25) is 0 Å². The van der Waals surface area contributed by atoms with Crippen molar-refractivity contribution >= 4 is 38.8 Å². The highest BCUT2D eigenvalue weighted by molar-refractivity contribution is 6.30. The molecule has 0 aliphatic carbocycles. The number of nitrogens with one attached hydrogen (secondary N) is 1. The minimum atomic E-state index is 0.693. The molecule has 0 atom stereocenters. The van der Waals surface area contributed by atoms with Crippen LogP contribution in [0.4, 0.5) is 0 Å². The number of rotatable bonds is 3. The van der Waals surface area contributed by atoms with Gasteiger partial charge in [-0.05, 0) is 82.4 Å². The highest BCUT2D eigenvalue weighted by Gasteiger charge is 2.29. The van der Waals surface area contributed by atoms with Crippen LogP contribution in [0.25, 0.3) is 33.1 Å². The number of para-hydroxylation sites is 2. The molecule has 1 aliphatic heterocycles. The first kappa shape index (κ1) is 24.7. The van der Waals surface area contributed by atoms with E-state index in [4.69, 9.17) is 9.41 Å². The number of furan rings is 1. The van der Waals surface area contributed by atoms with E-state index in [2.05, 4.69) is 82.1 Å².